The highest BCUT2D eigenvalue weighted by atomic mass is 35.5. The third-order valence-corrected chi connectivity index (χ3v) is 5.35. The van der Waals surface area contributed by atoms with Gasteiger partial charge in [-0.2, -0.15) is 0 Å². The van der Waals surface area contributed by atoms with Gasteiger partial charge in [-0.25, -0.2) is 18.4 Å². The molecule has 0 aliphatic heterocycles. The molecule has 0 bridgehead atoms. The van der Waals surface area contributed by atoms with E-state index in [1.54, 1.807) is 0 Å². The maximum Gasteiger partial charge on any atom is 0.148 e. The monoisotopic (exact) mass is 306 g/mol. The third-order valence-electron chi connectivity index (χ3n) is 2.69. The normalized spacial score (nSPS) is 15.9. The topological polar surface area (TPSA) is 59.9 Å². The molecule has 0 atom stereocenters. The van der Waals surface area contributed by atoms with Crippen LogP contribution in [0.5, 0.6) is 0 Å². The summed E-state index contributed by atoms with van der Waals surface area (Å²) in [4.78, 5) is 8.76. The minimum atomic E-state index is -2.93. The highest BCUT2D eigenvalue weighted by Gasteiger charge is 2.28. The number of rotatable bonds is 5. The summed E-state index contributed by atoms with van der Waals surface area (Å²) in [7, 11) is -2.93. The minimum absolute atomic E-state index is 0.150. The zero-order valence-corrected chi connectivity index (χ0v) is 12.7. The van der Waals surface area contributed by atoms with E-state index in [4.69, 9.17) is 11.6 Å². The lowest BCUT2D eigenvalue weighted by Crippen LogP contribution is -2.06. The van der Waals surface area contributed by atoms with Gasteiger partial charge in [0, 0.05) is 23.5 Å². The fourth-order valence-corrected chi connectivity index (χ4v) is 3.88. The van der Waals surface area contributed by atoms with Gasteiger partial charge < -0.3 is 0 Å². The molecule has 4 nitrogen and oxygen atoms in total. The van der Waals surface area contributed by atoms with Gasteiger partial charge in [-0.3, -0.25) is 0 Å². The molecule has 1 aliphatic carbocycles. The molecule has 0 unspecified atom stereocenters. The first-order valence-corrected chi connectivity index (χ1v) is 9.14. The average molecular weight is 307 g/mol. The van der Waals surface area contributed by atoms with Crippen molar-refractivity contribution in [1.82, 2.24) is 9.97 Å². The Morgan fingerprint density at radius 3 is 2.61 bits per heavy atom. The first kappa shape index (κ1) is 14.1. The van der Waals surface area contributed by atoms with Crippen LogP contribution in [0.25, 0.3) is 0 Å². The molecular formula is C11H15ClN2O2S2. The van der Waals surface area contributed by atoms with Crippen molar-refractivity contribution in [2.45, 2.75) is 30.7 Å². The molecular weight excluding hydrogens is 292 g/mol. The first-order chi connectivity index (χ1) is 8.37. The summed E-state index contributed by atoms with van der Waals surface area (Å²) in [5.74, 6) is 1.89. The number of aromatic nitrogens is 2. The van der Waals surface area contributed by atoms with Crippen LogP contribution >= 0.6 is 23.4 Å². The second kappa shape index (κ2) is 5.35. The Morgan fingerprint density at radius 2 is 2.06 bits per heavy atom. The highest BCUT2D eigenvalue weighted by Crippen LogP contribution is 2.39. The van der Waals surface area contributed by atoms with E-state index in [1.165, 1.54) is 18.0 Å². The maximum atomic E-state index is 11.1. The molecule has 100 valence electrons. The molecule has 1 aliphatic rings. The molecule has 0 saturated heterocycles. The summed E-state index contributed by atoms with van der Waals surface area (Å²) in [6.45, 7) is 1.86. The Labute approximate surface area is 116 Å². The minimum Gasteiger partial charge on any atom is -0.229 e. The predicted octanol–water partition coefficient (Wildman–Crippen LogP) is 2.45. The van der Waals surface area contributed by atoms with Gasteiger partial charge in [0.1, 0.15) is 25.8 Å². The molecule has 0 N–H and O–H groups in total. The number of sulfone groups is 1. The van der Waals surface area contributed by atoms with Crippen molar-refractivity contribution in [1.29, 1.82) is 0 Å². The smallest absolute Gasteiger partial charge is 0.148 e. The number of nitrogens with zero attached hydrogens (tertiary/aromatic N) is 2. The molecule has 1 fully saturated rings. The summed E-state index contributed by atoms with van der Waals surface area (Å²) in [5.41, 5.74) is 0.833. The Kier molecular flexibility index (Phi) is 4.18. The largest absolute Gasteiger partial charge is 0.229 e. The van der Waals surface area contributed by atoms with E-state index in [2.05, 4.69) is 9.97 Å². The fraction of sp³-hybridized carbons (Fsp3) is 0.636. The van der Waals surface area contributed by atoms with Gasteiger partial charge in [-0.05, 0) is 19.8 Å². The highest BCUT2D eigenvalue weighted by molar-refractivity contribution is 8.00. The lowest BCUT2D eigenvalue weighted by molar-refractivity contribution is 0.603. The predicted molar refractivity (Wildman–Crippen MR) is 74.2 cm³/mol. The lowest BCUT2D eigenvalue weighted by atomic mass is 10.3. The Hall–Kier alpha value is -0.330. The second-order valence-corrected chi connectivity index (χ2v) is 8.26. The third kappa shape index (κ3) is 3.83. The van der Waals surface area contributed by atoms with Gasteiger partial charge in [0.25, 0.3) is 0 Å². The van der Waals surface area contributed by atoms with Crippen LogP contribution in [0.2, 0.25) is 5.15 Å². The summed E-state index contributed by atoms with van der Waals surface area (Å²) >= 11 is 7.51. The van der Waals surface area contributed by atoms with Gasteiger partial charge in [-0.15, -0.1) is 11.8 Å². The van der Waals surface area contributed by atoms with Crippen LogP contribution in [0.4, 0.5) is 0 Å². The van der Waals surface area contributed by atoms with E-state index in [9.17, 15) is 8.42 Å². The summed E-state index contributed by atoms with van der Waals surface area (Å²) < 4.78 is 22.2. The molecule has 1 aromatic heterocycles. The van der Waals surface area contributed by atoms with Crippen molar-refractivity contribution in [2.75, 3.05) is 17.8 Å². The van der Waals surface area contributed by atoms with E-state index in [-0.39, 0.29) is 5.75 Å². The van der Waals surface area contributed by atoms with E-state index >= 15 is 0 Å². The zero-order chi connectivity index (χ0) is 13.3. The summed E-state index contributed by atoms with van der Waals surface area (Å²) in [6, 6.07) is 0. The van der Waals surface area contributed by atoms with Crippen LogP contribution in [0.15, 0.2) is 5.03 Å². The van der Waals surface area contributed by atoms with Crippen LogP contribution in [-0.4, -0.2) is 36.1 Å². The Bertz CT molecular complexity index is 556. The second-order valence-electron chi connectivity index (χ2n) is 4.56. The van der Waals surface area contributed by atoms with Gasteiger partial charge >= 0.3 is 0 Å². The van der Waals surface area contributed by atoms with Crippen molar-refractivity contribution in [3.63, 3.8) is 0 Å². The standard InChI is InChI=1S/C11H15ClN2O2S2/c1-7-9(12)13-10(8-3-4-8)14-11(7)17-5-6-18(2,15)16/h8H,3-6H2,1-2H3. The van der Waals surface area contributed by atoms with Crippen LogP contribution in [-0.2, 0) is 9.84 Å². The molecule has 7 heteroatoms. The van der Waals surface area contributed by atoms with Crippen molar-refractivity contribution < 1.29 is 8.42 Å². The zero-order valence-electron chi connectivity index (χ0n) is 10.3. The van der Waals surface area contributed by atoms with E-state index in [0.717, 1.165) is 29.3 Å². The van der Waals surface area contributed by atoms with E-state index in [0.29, 0.717) is 16.8 Å². The van der Waals surface area contributed by atoms with E-state index < -0.39 is 9.84 Å². The average Bonchev–Trinajstić information content (AvgIpc) is 3.05. The number of hydrogen-bond acceptors (Lipinski definition) is 5. The summed E-state index contributed by atoms with van der Waals surface area (Å²) in [6.07, 6.45) is 3.47. The van der Waals surface area contributed by atoms with Gasteiger partial charge in [0.05, 0.1) is 5.75 Å². The molecule has 18 heavy (non-hydrogen) atoms. The fourth-order valence-electron chi connectivity index (χ4n) is 1.44. The molecule has 0 aromatic carbocycles. The number of halogens is 1. The van der Waals surface area contributed by atoms with Crippen molar-refractivity contribution in [3.05, 3.63) is 16.5 Å². The molecule has 1 saturated carbocycles. The molecule has 1 heterocycles. The van der Waals surface area contributed by atoms with E-state index in [1.807, 2.05) is 6.92 Å². The lowest BCUT2D eigenvalue weighted by Gasteiger charge is -2.08. The molecule has 0 amide bonds. The Balaban J connectivity index is 2.11. The van der Waals surface area contributed by atoms with Crippen LogP contribution in [0, 0.1) is 6.92 Å². The molecule has 1 aromatic rings. The quantitative estimate of drug-likeness (QED) is 0.618. The molecule has 0 radical (unpaired) electrons. The van der Waals surface area contributed by atoms with Crippen molar-refractivity contribution in [3.8, 4) is 0 Å². The summed E-state index contributed by atoms with van der Waals surface area (Å²) in [5, 5.41) is 1.29. The Morgan fingerprint density at radius 1 is 1.39 bits per heavy atom. The maximum absolute atomic E-state index is 11.1. The van der Waals surface area contributed by atoms with Crippen LogP contribution in [0.1, 0.15) is 30.1 Å². The van der Waals surface area contributed by atoms with Gasteiger partial charge in [-0.1, -0.05) is 11.6 Å². The SMILES string of the molecule is Cc1c(Cl)nc(C2CC2)nc1SCCS(C)(=O)=O. The number of thioether (sulfide) groups is 1. The molecule has 2 rings (SSSR count). The van der Waals surface area contributed by atoms with Gasteiger partial charge in [0.2, 0.25) is 0 Å². The van der Waals surface area contributed by atoms with Crippen LogP contribution in [0.3, 0.4) is 0 Å². The van der Waals surface area contributed by atoms with Gasteiger partial charge in [0.15, 0.2) is 0 Å². The van der Waals surface area contributed by atoms with Crippen molar-refractivity contribution >= 4 is 33.2 Å². The molecule has 0 spiro atoms. The first-order valence-electron chi connectivity index (χ1n) is 5.71. The van der Waals surface area contributed by atoms with Crippen molar-refractivity contribution in [2.24, 2.45) is 0 Å². The van der Waals surface area contributed by atoms with Crippen LogP contribution < -0.4 is 0 Å². The number of hydrogen-bond donors (Lipinski definition) is 0.